The van der Waals surface area contributed by atoms with Crippen LogP contribution in [0.4, 0.5) is 5.69 Å². The highest BCUT2D eigenvalue weighted by Gasteiger charge is 2.34. The van der Waals surface area contributed by atoms with Crippen molar-refractivity contribution < 1.29 is 22.7 Å². The normalized spacial score (nSPS) is 12.7. The number of carbonyl (C=O) groups is 2. The Bertz CT molecular complexity index is 1440. The predicted molar refractivity (Wildman–Crippen MR) is 174 cm³/mol. The molecule has 43 heavy (non-hydrogen) atoms. The molecule has 232 valence electrons. The van der Waals surface area contributed by atoms with Crippen molar-refractivity contribution >= 4 is 39.3 Å². The maximum absolute atomic E-state index is 14.2. The molecule has 3 aromatic carbocycles. The quantitative estimate of drug-likeness (QED) is 0.207. The molecule has 0 saturated carbocycles. The lowest BCUT2D eigenvalue weighted by Crippen LogP contribution is -2.53. The summed E-state index contributed by atoms with van der Waals surface area (Å²) in [5.74, 6) is -0.154. The van der Waals surface area contributed by atoms with Gasteiger partial charge in [0.1, 0.15) is 18.3 Å². The number of carbonyl (C=O) groups excluding carboxylic acids is 2. The molecule has 2 atom stereocenters. The Hall–Kier alpha value is -3.50. The molecule has 2 unspecified atom stereocenters. The minimum Gasteiger partial charge on any atom is -0.494 e. The Labute approximate surface area is 260 Å². The van der Waals surface area contributed by atoms with Crippen molar-refractivity contribution in [3.8, 4) is 5.75 Å². The van der Waals surface area contributed by atoms with Crippen LogP contribution in [0, 0.1) is 6.92 Å². The number of hydrogen-bond donors (Lipinski definition) is 1. The summed E-state index contributed by atoms with van der Waals surface area (Å²) in [4.78, 5) is 30.1. The van der Waals surface area contributed by atoms with Crippen molar-refractivity contribution in [3.63, 3.8) is 0 Å². The third kappa shape index (κ3) is 9.00. The molecule has 0 aliphatic carbocycles. The van der Waals surface area contributed by atoms with Crippen LogP contribution in [0.1, 0.15) is 51.7 Å². The van der Waals surface area contributed by atoms with Crippen LogP contribution >= 0.6 is 11.8 Å². The van der Waals surface area contributed by atoms with E-state index >= 15 is 0 Å². The van der Waals surface area contributed by atoms with Gasteiger partial charge in [0.05, 0.1) is 17.2 Å². The number of rotatable bonds is 15. The van der Waals surface area contributed by atoms with E-state index in [1.165, 1.54) is 16.7 Å². The fourth-order valence-corrected chi connectivity index (χ4v) is 6.35. The van der Waals surface area contributed by atoms with E-state index < -0.39 is 28.5 Å². The van der Waals surface area contributed by atoms with Crippen molar-refractivity contribution in [2.45, 2.75) is 75.9 Å². The van der Waals surface area contributed by atoms with Gasteiger partial charge >= 0.3 is 0 Å². The number of nitrogens with zero attached hydrogens (tertiary/aromatic N) is 2. The fourth-order valence-electron chi connectivity index (χ4n) is 4.53. The lowest BCUT2D eigenvalue weighted by molar-refractivity contribution is -0.140. The molecule has 3 rings (SSSR count). The van der Waals surface area contributed by atoms with Crippen LogP contribution in [-0.2, 0) is 26.2 Å². The summed E-state index contributed by atoms with van der Waals surface area (Å²) in [6.07, 6.45) is 3.03. The van der Waals surface area contributed by atoms with E-state index in [1.807, 2.05) is 65.1 Å². The van der Waals surface area contributed by atoms with Gasteiger partial charge in [-0.1, -0.05) is 43.7 Å². The topological polar surface area (TPSA) is 96.0 Å². The van der Waals surface area contributed by atoms with Gasteiger partial charge in [-0.05, 0) is 94.0 Å². The number of anilines is 1. The number of nitrogens with one attached hydrogen (secondary N) is 1. The number of hydrogen-bond acceptors (Lipinski definition) is 6. The fraction of sp³-hybridized carbons (Fsp3) is 0.394. The maximum Gasteiger partial charge on any atom is 0.264 e. The van der Waals surface area contributed by atoms with Gasteiger partial charge < -0.3 is 15.0 Å². The van der Waals surface area contributed by atoms with Gasteiger partial charge in [-0.15, -0.1) is 11.8 Å². The molecule has 0 aliphatic rings. The Kier molecular flexibility index (Phi) is 12.5. The predicted octanol–water partition coefficient (Wildman–Crippen LogP) is 6.03. The summed E-state index contributed by atoms with van der Waals surface area (Å²) in [7, 11) is -4.15. The van der Waals surface area contributed by atoms with Crippen LogP contribution in [0.15, 0.2) is 82.6 Å². The van der Waals surface area contributed by atoms with Gasteiger partial charge in [0.25, 0.3) is 10.0 Å². The number of sulfonamides is 1. The van der Waals surface area contributed by atoms with Crippen LogP contribution in [0.2, 0.25) is 0 Å². The molecule has 0 aliphatic heterocycles. The largest absolute Gasteiger partial charge is 0.494 e. The van der Waals surface area contributed by atoms with E-state index in [0.717, 1.165) is 26.7 Å². The molecule has 0 saturated heterocycles. The van der Waals surface area contributed by atoms with Gasteiger partial charge in [0.2, 0.25) is 11.8 Å². The second-order valence-corrected chi connectivity index (χ2v) is 13.1. The molecule has 0 fully saturated rings. The number of ether oxygens (including phenoxy) is 1. The molecule has 0 heterocycles. The first-order valence-electron chi connectivity index (χ1n) is 14.6. The van der Waals surface area contributed by atoms with Crippen molar-refractivity contribution in [2.24, 2.45) is 0 Å². The lowest BCUT2D eigenvalue weighted by atomic mass is 10.1. The highest BCUT2D eigenvalue weighted by molar-refractivity contribution is 7.98. The third-order valence-electron chi connectivity index (χ3n) is 7.22. The molecular weight excluding hydrogens is 583 g/mol. The van der Waals surface area contributed by atoms with E-state index in [9.17, 15) is 18.0 Å². The van der Waals surface area contributed by atoms with Crippen LogP contribution in [0.3, 0.4) is 0 Å². The number of benzene rings is 3. The van der Waals surface area contributed by atoms with E-state index in [0.29, 0.717) is 24.5 Å². The highest BCUT2D eigenvalue weighted by Crippen LogP contribution is 2.28. The molecule has 10 heteroatoms. The molecule has 0 spiro atoms. The second kappa shape index (κ2) is 15.8. The first-order chi connectivity index (χ1) is 20.5. The zero-order chi connectivity index (χ0) is 31.6. The average molecular weight is 626 g/mol. The summed E-state index contributed by atoms with van der Waals surface area (Å²) < 4.78 is 34.9. The first kappa shape index (κ1) is 34.0. The maximum atomic E-state index is 14.2. The van der Waals surface area contributed by atoms with Crippen molar-refractivity contribution in [1.29, 1.82) is 0 Å². The Morgan fingerprint density at radius 3 is 2.07 bits per heavy atom. The molecular formula is C33H43N3O5S2. The molecule has 3 aromatic rings. The molecule has 8 nitrogen and oxygen atoms in total. The van der Waals surface area contributed by atoms with Crippen molar-refractivity contribution in [1.82, 2.24) is 10.2 Å². The van der Waals surface area contributed by atoms with Gasteiger partial charge in [-0.2, -0.15) is 0 Å². The smallest absolute Gasteiger partial charge is 0.264 e. The van der Waals surface area contributed by atoms with E-state index in [2.05, 4.69) is 5.32 Å². The van der Waals surface area contributed by atoms with Gasteiger partial charge in [0, 0.05) is 17.5 Å². The van der Waals surface area contributed by atoms with Gasteiger partial charge in [-0.25, -0.2) is 8.42 Å². The van der Waals surface area contributed by atoms with Crippen LogP contribution in [-0.4, -0.2) is 56.6 Å². The van der Waals surface area contributed by atoms with Crippen LogP contribution < -0.4 is 14.4 Å². The Morgan fingerprint density at radius 2 is 1.53 bits per heavy atom. The third-order valence-corrected chi connectivity index (χ3v) is 9.75. The summed E-state index contributed by atoms with van der Waals surface area (Å²) in [6, 6.07) is 20.1. The van der Waals surface area contributed by atoms with Crippen LogP contribution in [0.5, 0.6) is 5.75 Å². The van der Waals surface area contributed by atoms with Crippen molar-refractivity contribution in [3.05, 3.63) is 83.9 Å². The second-order valence-electron chi connectivity index (χ2n) is 10.4. The molecule has 1 N–H and O–H groups in total. The first-order valence-corrected chi connectivity index (χ1v) is 17.2. The standard InChI is InChI=1S/C33H43N3O5S2/c1-7-25(5)34-33(38)31(8-2)35(22-26-12-10-24(4)11-13-26)32(37)23-36(27-14-16-28(17-15-27)41-9-3)43(39,40)30-20-18-29(42-6)19-21-30/h10-21,25,31H,7-9,22-23H2,1-6H3,(H,34,38). The Morgan fingerprint density at radius 1 is 0.907 bits per heavy atom. The number of aryl methyl sites for hydroxylation is 1. The number of thioether (sulfide) groups is 1. The molecule has 2 amide bonds. The van der Waals surface area contributed by atoms with E-state index in [4.69, 9.17) is 4.74 Å². The summed E-state index contributed by atoms with van der Waals surface area (Å²) >= 11 is 1.51. The van der Waals surface area contributed by atoms with Gasteiger partial charge in [0.15, 0.2) is 0 Å². The molecule has 0 radical (unpaired) electrons. The summed E-state index contributed by atoms with van der Waals surface area (Å²) in [6.45, 7) is 9.73. The zero-order valence-corrected chi connectivity index (χ0v) is 27.5. The van der Waals surface area contributed by atoms with E-state index in [1.54, 1.807) is 48.5 Å². The average Bonchev–Trinajstić information content (AvgIpc) is 3.01. The molecule has 0 aromatic heterocycles. The summed E-state index contributed by atoms with van der Waals surface area (Å²) in [5.41, 5.74) is 2.23. The van der Waals surface area contributed by atoms with Crippen LogP contribution in [0.25, 0.3) is 0 Å². The SMILES string of the molecule is CCOc1ccc(N(CC(=O)N(Cc2ccc(C)cc2)C(CC)C(=O)NC(C)CC)S(=O)(=O)c2ccc(SC)cc2)cc1. The minimum absolute atomic E-state index is 0.0668. The zero-order valence-electron chi connectivity index (χ0n) is 25.9. The molecule has 0 bridgehead atoms. The monoisotopic (exact) mass is 625 g/mol. The van der Waals surface area contributed by atoms with Gasteiger partial charge in [-0.3, -0.25) is 13.9 Å². The summed E-state index contributed by atoms with van der Waals surface area (Å²) in [5, 5.41) is 3.00. The van der Waals surface area contributed by atoms with Crippen molar-refractivity contribution in [2.75, 3.05) is 23.7 Å². The highest BCUT2D eigenvalue weighted by atomic mass is 32.2. The number of amides is 2. The lowest BCUT2D eigenvalue weighted by Gasteiger charge is -2.33. The van der Waals surface area contributed by atoms with E-state index in [-0.39, 0.29) is 23.4 Å². The Balaban J connectivity index is 2.06. The minimum atomic E-state index is -4.15.